The molecule has 10 heteroatoms. The van der Waals surface area contributed by atoms with Crippen molar-refractivity contribution in [3.63, 3.8) is 0 Å². The van der Waals surface area contributed by atoms with Crippen LogP contribution in [0.3, 0.4) is 0 Å². The van der Waals surface area contributed by atoms with E-state index < -0.39 is 22.9 Å². The Morgan fingerprint density at radius 3 is 2.57 bits per heavy atom. The van der Waals surface area contributed by atoms with Crippen LogP contribution in [0.2, 0.25) is 5.02 Å². The van der Waals surface area contributed by atoms with Crippen LogP contribution >= 0.6 is 27.5 Å². The summed E-state index contributed by atoms with van der Waals surface area (Å²) >= 11 is 9.28. The van der Waals surface area contributed by atoms with Gasteiger partial charge in [-0.1, -0.05) is 39.7 Å². The minimum Gasteiger partial charge on any atom is -0.489 e. The molecular weight excluding hydrogens is 553 g/mol. The van der Waals surface area contributed by atoms with Gasteiger partial charge in [0.05, 0.1) is 17.6 Å². The van der Waals surface area contributed by atoms with Gasteiger partial charge in [0.2, 0.25) is 11.2 Å². The Hall–Kier alpha value is -3.01. The molecule has 180 valence electrons. The molecule has 1 aliphatic heterocycles. The van der Waals surface area contributed by atoms with Gasteiger partial charge in [0.25, 0.3) is 0 Å². The zero-order chi connectivity index (χ0) is 24.7. The second kappa shape index (κ2) is 9.22. The Morgan fingerprint density at radius 2 is 1.83 bits per heavy atom. The van der Waals surface area contributed by atoms with Gasteiger partial charge in [-0.15, -0.1) is 0 Å². The number of alkyl halides is 3. The molecule has 0 aliphatic carbocycles. The lowest BCUT2D eigenvalue weighted by molar-refractivity contribution is -0.152. The van der Waals surface area contributed by atoms with Crippen molar-refractivity contribution in [1.29, 1.82) is 0 Å². The van der Waals surface area contributed by atoms with Crippen LogP contribution in [0.1, 0.15) is 16.9 Å². The minimum atomic E-state index is -4.89. The van der Waals surface area contributed by atoms with E-state index in [9.17, 15) is 18.0 Å². The Kier molecular flexibility index (Phi) is 6.25. The van der Waals surface area contributed by atoms with Gasteiger partial charge in [0, 0.05) is 26.7 Å². The summed E-state index contributed by atoms with van der Waals surface area (Å²) in [5.74, 6) is -0.517. The molecule has 1 aromatic heterocycles. The van der Waals surface area contributed by atoms with Crippen molar-refractivity contribution in [3.8, 4) is 22.6 Å². The van der Waals surface area contributed by atoms with Gasteiger partial charge in [-0.3, -0.25) is 4.79 Å². The van der Waals surface area contributed by atoms with Crippen LogP contribution in [0.4, 0.5) is 13.2 Å². The maximum Gasteiger partial charge on any atom is 0.450 e. The Morgan fingerprint density at radius 1 is 1.06 bits per heavy atom. The lowest BCUT2D eigenvalue weighted by Crippen LogP contribution is -2.16. The first-order valence-electron chi connectivity index (χ1n) is 10.3. The van der Waals surface area contributed by atoms with Crippen molar-refractivity contribution in [2.45, 2.75) is 19.4 Å². The molecule has 0 unspecified atom stereocenters. The van der Waals surface area contributed by atoms with Gasteiger partial charge in [-0.05, 0) is 42.0 Å². The maximum absolute atomic E-state index is 13.9. The SMILES string of the molecule is O=c1c(-c2ccc(Cl)cc2)c(C(F)(F)F)oc2cc(OCc3cc(Br)cc4c3OCOC4)ccc12. The maximum atomic E-state index is 13.9. The summed E-state index contributed by atoms with van der Waals surface area (Å²) in [5.41, 5.74) is 0.0171. The molecule has 0 bridgehead atoms. The third-order valence-electron chi connectivity index (χ3n) is 5.40. The standard InChI is InChI=1S/C25H15BrClF3O5/c26-16-7-14-10-32-12-34-23(14)15(8-16)11-33-18-5-6-19-20(9-18)35-24(25(28,29)30)21(22(19)31)13-1-3-17(27)4-2-13/h1-9H,10-12H2. The number of halogens is 5. The molecule has 0 saturated carbocycles. The van der Waals surface area contributed by atoms with Crippen LogP contribution in [0.5, 0.6) is 11.5 Å². The molecule has 0 spiro atoms. The summed E-state index contributed by atoms with van der Waals surface area (Å²) < 4.78 is 64.3. The molecule has 4 aromatic rings. The third-order valence-corrected chi connectivity index (χ3v) is 6.11. The van der Waals surface area contributed by atoms with Crippen molar-refractivity contribution >= 4 is 38.5 Å². The number of rotatable bonds is 4. The van der Waals surface area contributed by atoms with Crippen LogP contribution < -0.4 is 14.9 Å². The highest BCUT2D eigenvalue weighted by Gasteiger charge is 2.39. The summed E-state index contributed by atoms with van der Waals surface area (Å²) in [6.07, 6.45) is -4.89. The summed E-state index contributed by atoms with van der Waals surface area (Å²) in [7, 11) is 0. The number of hydrogen-bond donors (Lipinski definition) is 0. The van der Waals surface area contributed by atoms with E-state index in [1.165, 1.54) is 42.5 Å². The largest absolute Gasteiger partial charge is 0.489 e. The number of ether oxygens (including phenoxy) is 3. The minimum absolute atomic E-state index is 0.00406. The number of fused-ring (bicyclic) bond motifs is 2. The Balaban J connectivity index is 1.53. The van der Waals surface area contributed by atoms with Crippen LogP contribution in [0.15, 0.2) is 68.3 Å². The number of benzene rings is 3. The normalized spacial score (nSPS) is 13.4. The van der Waals surface area contributed by atoms with Crippen LogP contribution in [0.25, 0.3) is 22.1 Å². The molecule has 5 rings (SSSR count). The fourth-order valence-electron chi connectivity index (χ4n) is 3.87. The van der Waals surface area contributed by atoms with Crippen LogP contribution in [-0.2, 0) is 24.1 Å². The second-order valence-corrected chi connectivity index (χ2v) is 9.10. The lowest BCUT2D eigenvalue weighted by atomic mass is 10.0. The highest BCUT2D eigenvalue weighted by molar-refractivity contribution is 9.10. The molecule has 3 aromatic carbocycles. The molecule has 0 atom stereocenters. The van der Waals surface area contributed by atoms with Crippen molar-refractivity contribution in [2.24, 2.45) is 0 Å². The highest BCUT2D eigenvalue weighted by atomic mass is 79.9. The van der Waals surface area contributed by atoms with Crippen molar-refractivity contribution in [3.05, 3.63) is 91.2 Å². The summed E-state index contributed by atoms with van der Waals surface area (Å²) in [5, 5.41) is 0.328. The summed E-state index contributed by atoms with van der Waals surface area (Å²) in [6, 6.07) is 13.4. The van der Waals surface area contributed by atoms with Crippen LogP contribution in [-0.4, -0.2) is 6.79 Å². The fraction of sp³-hybridized carbons (Fsp3) is 0.160. The number of hydrogen-bond acceptors (Lipinski definition) is 5. The first-order chi connectivity index (χ1) is 16.7. The first-order valence-corrected chi connectivity index (χ1v) is 11.5. The quantitative estimate of drug-likeness (QED) is 0.258. The third kappa shape index (κ3) is 4.76. The highest BCUT2D eigenvalue weighted by Crippen LogP contribution is 2.38. The smallest absolute Gasteiger partial charge is 0.450 e. The van der Waals surface area contributed by atoms with Crippen molar-refractivity contribution < 1.29 is 31.8 Å². The van der Waals surface area contributed by atoms with E-state index in [1.54, 1.807) is 0 Å². The zero-order valence-corrected chi connectivity index (χ0v) is 20.1. The topological polar surface area (TPSA) is 57.9 Å². The summed E-state index contributed by atoms with van der Waals surface area (Å²) in [4.78, 5) is 13.1. The molecule has 0 N–H and O–H groups in total. The van der Waals surface area contributed by atoms with E-state index in [4.69, 9.17) is 30.2 Å². The Bertz CT molecular complexity index is 1480. The van der Waals surface area contributed by atoms with Gasteiger partial charge >= 0.3 is 6.18 Å². The van der Waals surface area contributed by atoms with Gasteiger partial charge < -0.3 is 18.6 Å². The molecule has 1 aliphatic rings. The molecular formula is C25H15BrClF3O5. The summed E-state index contributed by atoms with van der Waals surface area (Å²) in [6.45, 7) is 0.574. The van der Waals surface area contributed by atoms with Gasteiger partial charge in [0.1, 0.15) is 23.7 Å². The predicted molar refractivity (Wildman–Crippen MR) is 127 cm³/mol. The first kappa shape index (κ1) is 23.7. The van der Waals surface area contributed by atoms with Crippen molar-refractivity contribution in [1.82, 2.24) is 0 Å². The van der Waals surface area contributed by atoms with E-state index in [2.05, 4.69) is 15.9 Å². The molecule has 5 nitrogen and oxygen atoms in total. The zero-order valence-electron chi connectivity index (χ0n) is 17.7. The van der Waals surface area contributed by atoms with E-state index >= 15 is 0 Å². The van der Waals surface area contributed by atoms with Crippen molar-refractivity contribution in [2.75, 3.05) is 6.79 Å². The molecule has 0 amide bonds. The average Bonchev–Trinajstić information content (AvgIpc) is 2.82. The molecule has 35 heavy (non-hydrogen) atoms. The monoisotopic (exact) mass is 566 g/mol. The average molecular weight is 568 g/mol. The molecule has 0 saturated heterocycles. The molecule has 2 heterocycles. The van der Waals surface area contributed by atoms with E-state index in [0.29, 0.717) is 17.4 Å². The fourth-order valence-corrected chi connectivity index (χ4v) is 4.55. The molecule has 0 radical (unpaired) electrons. The molecule has 0 fully saturated rings. The van der Waals surface area contributed by atoms with Gasteiger partial charge in [0.15, 0.2) is 6.79 Å². The van der Waals surface area contributed by atoms with Gasteiger partial charge in [-0.2, -0.15) is 13.2 Å². The van der Waals surface area contributed by atoms with E-state index in [-0.39, 0.29) is 35.7 Å². The lowest BCUT2D eigenvalue weighted by Gasteiger charge is -2.21. The van der Waals surface area contributed by atoms with Gasteiger partial charge in [-0.25, -0.2) is 0 Å². The van der Waals surface area contributed by atoms with E-state index in [1.807, 2.05) is 12.1 Å². The Labute approximate surface area is 210 Å². The predicted octanol–water partition coefficient (Wildman–Crippen LogP) is 7.34. The van der Waals surface area contributed by atoms with E-state index in [0.717, 1.165) is 15.6 Å². The van der Waals surface area contributed by atoms with Crippen LogP contribution in [0, 0.1) is 0 Å². The second-order valence-electron chi connectivity index (χ2n) is 7.75.